The molecule has 0 bridgehead atoms. The van der Waals surface area contributed by atoms with Crippen LogP contribution in [0.5, 0.6) is 0 Å². The van der Waals surface area contributed by atoms with Gasteiger partial charge in [-0.2, -0.15) is 5.10 Å². The minimum Gasteiger partial charge on any atom is -0.354 e. The van der Waals surface area contributed by atoms with E-state index in [0.717, 1.165) is 42.8 Å². The highest BCUT2D eigenvalue weighted by Crippen LogP contribution is 2.41. The highest BCUT2D eigenvalue weighted by Gasteiger charge is 2.53. The maximum absolute atomic E-state index is 13.9. The van der Waals surface area contributed by atoms with E-state index in [0.29, 0.717) is 5.92 Å². The van der Waals surface area contributed by atoms with E-state index in [1.807, 2.05) is 42.3 Å². The van der Waals surface area contributed by atoms with Gasteiger partial charge in [0.1, 0.15) is 11.4 Å². The van der Waals surface area contributed by atoms with Crippen molar-refractivity contribution in [2.24, 2.45) is 16.9 Å². The standard InChI is InChI=1S/C28H36FN3O/c1-3-4-15-25-26(22-16-18-23(29)19-17-22)31-32(24-13-9-6-10-14-24)28(25,2)27(33)30-20-21-11-7-5-8-12-21/h6,9-10,13-14,16-19,21,25H,3-5,7-8,11-12,15,20H2,1-2H3,(H,30,33). The molecule has 176 valence electrons. The highest BCUT2D eigenvalue weighted by molar-refractivity contribution is 6.10. The van der Waals surface area contributed by atoms with Crippen LogP contribution >= 0.6 is 0 Å². The fourth-order valence-electron chi connectivity index (χ4n) is 5.36. The predicted molar refractivity (Wildman–Crippen MR) is 133 cm³/mol. The Balaban J connectivity index is 1.69. The maximum atomic E-state index is 13.9. The number of rotatable bonds is 8. The summed E-state index contributed by atoms with van der Waals surface area (Å²) in [5.74, 6) is 0.230. The summed E-state index contributed by atoms with van der Waals surface area (Å²) in [6.45, 7) is 4.92. The number of halogens is 1. The fraction of sp³-hybridized carbons (Fsp3) is 0.500. The molecule has 0 radical (unpaired) electrons. The minimum absolute atomic E-state index is 0.0268. The van der Waals surface area contributed by atoms with Gasteiger partial charge < -0.3 is 5.32 Å². The summed E-state index contributed by atoms with van der Waals surface area (Å²) in [4.78, 5) is 13.9. The molecule has 4 nitrogen and oxygen atoms in total. The van der Waals surface area contributed by atoms with Crippen LogP contribution in [-0.4, -0.2) is 23.7 Å². The third-order valence-electron chi connectivity index (χ3n) is 7.38. The zero-order chi connectivity index (χ0) is 23.3. The number of hydrogen-bond donors (Lipinski definition) is 1. The number of hydrazone groups is 1. The van der Waals surface area contributed by atoms with E-state index in [-0.39, 0.29) is 17.6 Å². The van der Waals surface area contributed by atoms with Crippen molar-refractivity contribution in [1.29, 1.82) is 0 Å². The molecule has 2 atom stereocenters. The van der Waals surface area contributed by atoms with E-state index in [4.69, 9.17) is 5.10 Å². The van der Waals surface area contributed by atoms with Crippen LogP contribution in [0, 0.1) is 17.7 Å². The van der Waals surface area contributed by atoms with Gasteiger partial charge >= 0.3 is 0 Å². The first kappa shape index (κ1) is 23.5. The van der Waals surface area contributed by atoms with Crippen LogP contribution in [0.25, 0.3) is 0 Å². The first-order valence-corrected chi connectivity index (χ1v) is 12.5. The largest absolute Gasteiger partial charge is 0.354 e. The Kier molecular flexibility index (Phi) is 7.46. The van der Waals surface area contributed by atoms with Gasteiger partial charge in [0.25, 0.3) is 0 Å². The van der Waals surface area contributed by atoms with E-state index in [1.54, 1.807) is 12.1 Å². The van der Waals surface area contributed by atoms with E-state index < -0.39 is 5.54 Å². The zero-order valence-corrected chi connectivity index (χ0v) is 19.9. The summed E-state index contributed by atoms with van der Waals surface area (Å²) in [5.41, 5.74) is 1.78. The number of anilines is 1. The van der Waals surface area contributed by atoms with Crippen LogP contribution in [-0.2, 0) is 4.79 Å². The zero-order valence-electron chi connectivity index (χ0n) is 19.9. The van der Waals surface area contributed by atoms with Gasteiger partial charge in [-0.25, -0.2) is 9.40 Å². The molecule has 0 spiro atoms. The predicted octanol–water partition coefficient (Wildman–Crippen LogP) is 6.31. The summed E-state index contributed by atoms with van der Waals surface area (Å²) in [5, 5.41) is 10.2. The fourth-order valence-corrected chi connectivity index (χ4v) is 5.36. The van der Waals surface area contributed by atoms with E-state index in [9.17, 15) is 9.18 Å². The van der Waals surface area contributed by atoms with Gasteiger partial charge in [0, 0.05) is 12.5 Å². The molecule has 1 aliphatic heterocycles. The van der Waals surface area contributed by atoms with Gasteiger partial charge in [-0.05, 0) is 61.9 Å². The van der Waals surface area contributed by atoms with Gasteiger partial charge in [0.2, 0.25) is 5.91 Å². The quantitative estimate of drug-likeness (QED) is 0.513. The summed E-state index contributed by atoms with van der Waals surface area (Å²) >= 11 is 0. The molecular formula is C28H36FN3O. The van der Waals surface area contributed by atoms with Crippen LogP contribution in [0.2, 0.25) is 0 Å². The van der Waals surface area contributed by atoms with Crippen LogP contribution < -0.4 is 10.3 Å². The van der Waals surface area contributed by atoms with Gasteiger partial charge in [-0.1, -0.05) is 69.4 Å². The Labute approximate surface area is 197 Å². The molecule has 2 aromatic carbocycles. The van der Waals surface area contributed by atoms with Crippen molar-refractivity contribution in [3.8, 4) is 0 Å². The SMILES string of the molecule is CCCCC1C(c2ccc(F)cc2)=NN(c2ccccc2)C1(C)C(=O)NCC1CCCCC1. The molecule has 5 heteroatoms. The second-order valence-electron chi connectivity index (χ2n) is 9.70. The number of carbonyl (C=O) groups is 1. The molecule has 0 aromatic heterocycles. The molecule has 1 aliphatic carbocycles. The van der Waals surface area contributed by atoms with Crippen molar-refractivity contribution < 1.29 is 9.18 Å². The Bertz CT molecular complexity index is 953. The lowest BCUT2D eigenvalue weighted by atomic mass is 9.76. The van der Waals surface area contributed by atoms with Crippen molar-refractivity contribution >= 4 is 17.3 Å². The Hall–Kier alpha value is -2.69. The Morgan fingerprint density at radius 3 is 2.45 bits per heavy atom. The average Bonchev–Trinajstić information content (AvgIpc) is 3.16. The first-order chi connectivity index (χ1) is 16.0. The summed E-state index contributed by atoms with van der Waals surface area (Å²) in [6.07, 6.45) is 9.08. The van der Waals surface area contributed by atoms with Crippen molar-refractivity contribution in [3.63, 3.8) is 0 Å². The van der Waals surface area contributed by atoms with Crippen LogP contribution in [0.1, 0.15) is 70.8 Å². The Morgan fingerprint density at radius 1 is 1.09 bits per heavy atom. The van der Waals surface area contributed by atoms with Crippen molar-refractivity contribution in [2.75, 3.05) is 11.6 Å². The van der Waals surface area contributed by atoms with Crippen LogP contribution in [0.4, 0.5) is 10.1 Å². The lowest BCUT2D eigenvalue weighted by molar-refractivity contribution is -0.127. The summed E-state index contributed by atoms with van der Waals surface area (Å²) < 4.78 is 13.7. The van der Waals surface area contributed by atoms with Gasteiger partial charge in [0.15, 0.2) is 0 Å². The average molecular weight is 450 g/mol. The van der Waals surface area contributed by atoms with Gasteiger partial charge in [0.05, 0.1) is 11.4 Å². The summed E-state index contributed by atoms with van der Waals surface area (Å²) in [7, 11) is 0. The van der Waals surface area contributed by atoms with Crippen LogP contribution in [0.15, 0.2) is 59.7 Å². The number of nitrogens with zero attached hydrogens (tertiary/aromatic N) is 2. The normalized spacial score (nSPS) is 23.4. The number of amides is 1. The third kappa shape index (κ3) is 4.97. The number of para-hydroxylation sites is 1. The van der Waals surface area contributed by atoms with Crippen molar-refractivity contribution in [1.82, 2.24) is 5.32 Å². The Morgan fingerprint density at radius 2 is 1.79 bits per heavy atom. The van der Waals surface area contributed by atoms with Crippen molar-refractivity contribution in [3.05, 3.63) is 66.0 Å². The molecule has 1 N–H and O–H groups in total. The van der Waals surface area contributed by atoms with Gasteiger partial charge in [-0.3, -0.25) is 4.79 Å². The lowest BCUT2D eigenvalue weighted by Crippen LogP contribution is -2.58. The van der Waals surface area contributed by atoms with Crippen LogP contribution in [0.3, 0.4) is 0 Å². The molecule has 0 saturated heterocycles. The van der Waals surface area contributed by atoms with E-state index in [1.165, 1.54) is 44.2 Å². The first-order valence-electron chi connectivity index (χ1n) is 12.5. The third-order valence-corrected chi connectivity index (χ3v) is 7.38. The monoisotopic (exact) mass is 449 g/mol. The number of hydrogen-bond acceptors (Lipinski definition) is 3. The smallest absolute Gasteiger partial charge is 0.248 e. The minimum atomic E-state index is -0.852. The van der Waals surface area contributed by atoms with E-state index >= 15 is 0 Å². The van der Waals surface area contributed by atoms with Gasteiger partial charge in [-0.15, -0.1) is 0 Å². The maximum Gasteiger partial charge on any atom is 0.248 e. The molecule has 4 rings (SSSR count). The second kappa shape index (κ2) is 10.5. The number of carbonyl (C=O) groups excluding carboxylic acids is 1. The lowest BCUT2D eigenvalue weighted by Gasteiger charge is -2.38. The second-order valence-corrected chi connectivity index (χ2v) is 9.70. The molecule has 2 aliphatic rings. The molecule has 1 saturated carbocycles. The number of benzene rings is 2. The molecule has 2 unspecified atom stereocenters. The molecule has 2 aromatic rings. The molecule has 1 amide bonds. The number of unbranched alkanes of at least 4 members (excludes halogenated alkanes) is 1. The van der Waals surface area contributed by atoms with E-state index in [2.05, 4.69) is 12.2 Å². The molecule has 1 fully saturated rings. The molecular weight excluding hydrogens is 413 g/mol. The van der Waals surface area contributed by atoms with Crippen molar-refractivity contribution in [2.45, 2.75) is 70.8 Å². The molecule has 33 heavy (non-hydrogen) atoms. The summed E-state index contributed by atoms with van der Waals surface area (Å²) in [6, 6.07) is 16.4. The topological polar surface area (TPSA) is 44.7 Å². The number of nitrogens with one attached hydrogen (secondary N) is 1. The highest BCUT2D eigenvalue weighted by atomic mass is 19.1. The molecule has 1 heterocycles.